The average Bonchev–Trinajstić information content (AvgIpc) is 2.72. The van der Waals surface area contributed by atoms with Crippen LogP contribution in [0.15, 0.2) is 90.1 Å². The molecule has 0 spiro atoms. The van der Waals surface area contributed by atoms with E-state index in [4.69, 9.17) is 14.5 Å². The summed E-state index contributed by atoms with van der Waals surface area (Å²) in [6, 6.07) is 16.5. The van der Waals surface area contributed by atoms with Crippen LogP contribution < -0.4 is 14.4 Å². The number of hydrogen-bond donors (Lipinski definition) is 0. The molecule has 1 unspecified atom stereocenters. The molecule has 144 valence electrons. The molecule has 1 aliphatic heterocycles. The zero-order chi connectivity index (χ0) is 19.9. The van der Waals surface area contributed by atoms with Gasteiger partial charge in [0.05, 0.1) is 26.0 Å². The fraction of sp³-hybridized carbons (Fsp3) is 0.208. The number of rotatable bonds is 7. The lowest BCUT2D eigenvalue weighted by Gasteiger charge is -2.44. The van der Waals surface area contributed by atoms with Gasteiger partial charge in [-0.15, -0.1) is 0 Å². The maximum Gasteiger partial charge on any atom is 0.119 e. The van der Waals surface area contributed by atoms with Crippen LogP contribution in [0.4, 0.5) is 5.69 Å². The van der Waals surface area contributed by atoms with Crippen molar-refractivity contribution in [1.82, 2.24) is 0 Å². The highest BCUT2D eigenvalue weighted by Gasteiger charge is 2.36. The van der Waals surface area contributed by atoms with E-state index < -0.39 is 0 Å². The molecular weight excluding hydrogens is 348 g/mol. The van der Waals surface area contributed by atoms with E-state index in [2.05, 4.69) is 35.7 Å². The minimum Gasteiger partial charge on any atom is -0.497 e. The maximum atomic E-state index is 5.29. The van der Waals surface area contributed by atoms with E-state index in [0.717, 1.165) is 35.1 Å². The molecule has 28 heavy (non-hydrogen) atoms. The predicted molar refractivity (Wildman–Crippen MR) is 116 cm³/mol. The van der Waals surface area contributed by atoms with Gasteiger partial charge in [0, 0.05) is 12.1 Å². The summed E-state index contributed by atoms with van der Waals surface area (Å²) in [5.41, 5.74) is 3.04. The molecule has 4 heteroatoms. The smallest absolute Gasteiger partial charge is 0.119 e. The third-order valence-corrected chi connectivity index (χ3v) is 4.68. The molecule has 0 aliphatic carbocycles. The Morgan fingerprint density at radius 3 is 2.18 bits per heavy atom. The average molecular weight is 374 g/mol. The van der Waals surface area contributed by atoms with Crippen LogP contribution in [0.2, 0.25) is 0 Å². The van der Waals surface area contributed by atoms with Crippen LogP contribution in [-0.4, -0.2) is 20.1 Å². The number of nitrogens with zero attached hydrogens (tertiary/aromatic N) is 2. The quantitative estimate of drug-likeness (QED) is 0.583. The molecule has 0 radical (unpaired) electrons. The standard InChI is InChI=1S/C24H26N2O2/c1-5-6-7-8-18(2)25-24-17-23(19-9-13-21(27-3)14-10-19)26(24)20-11-15-22(28-4)16-12-20/h5-16,23H,2,17H2,1,3-4H3/b6-5-,8-7-,25-24?. The molecular formula is C24H26N2O2. The van der Waals surface area contributed by atoms with Gasteiger partial charge in [-0.05, 0) is 55.0 Å². The highest BCUT2D eigenvalue weighted by Crippen LogP contribution is 2.40. The van der Waals surface area contributed by atoms with Crippen molar-refractivity contribution in [3.8, 4) is 11.5 Å². The molecule has 0 bridgehead atoms. The number of hydrogen-bond acceptors (Lipinski definition) is 3. The second-order valence-electron chi connectivity index (χ2n) is 6.47. The number of benzene rings is 2. The largest absolute Gasteiger partial charge is 0.497 e. The molecule has 1 fully saturated rings. The van der Waals surface area contributed by atoms with Crippen LogP contribution in [0.1, 0.15) is 24.9 Å². The van der Waals surface area contributed by atoms with Gasteiger partial charge in [0.25, 0.3) is 0 Å². The fourth-order valence-corrected chi connectivity index (χ4v) is 3.18. The number of amidine groups is 1. The summed E-state index contributed by atoms with van der Waals surface area (Å²) in [5, 5.41) is 0. The third kappa shape index (κ3) is 4.34. The summed E-state index contributed by atoms with van der Waals surface area (Å²) in [6.07, 6.45) is 8.66. The Labute approximate surface area is 167 Å². The molecule has 1 atom stereocenters. The Kier molecular flexibility index (Phi) is 6.33. The van der Waals surface area contributed by atoms with Gasteiger partial charge in [0.1, 0.15) is 17.3 Å². The van der Waals surface area contributed by atoms with Crippen molar-refractivity contribution in [2.45, 2.75) is 19.4 Å². The third-order valence-electron chi connectivity index (χ3n) is 4.68. The summed E-state index contributed by atoms with van der Waals surface area (Å²) >= 11 is 0. The Hall–Kier alpha value is -3.27. The Bertz CT molecular complexity index is 893. The minimum atomic E-state index is 0.227. The second kappa shape index (κ2) is 9.09. The zero-order valence-electron chi connectivity index (χ0n) is 16.6. The molecule has 1 saturated heterocycles. The molecule has 0 saturated carbocycles. The van der Waals surface area contributed by atoms with Crippen molar-refractivity contribution in [3.63, 3.8) is 0 Å². The minimum absolute atomic E-state index is 0.227. The molecule has 3 rings (SSSR count). The summed E-state index contributed by atoms with van der Waals surface area (Å²) < 4.78 is 10.6. The summed E-state index contributed by atoms with van der Waals surface area (Å²) in [4.78, 5) is 6.98. The Morgan fingerprint density at radius 1 is 1.00 bits per heavy atom. The lowest BCUT2D eigenvalue weighted by molar-refractivity contribution is 0.414. The summed E-state index contributed by atoms with van der Waals surface area (Å²) in [7, 11) is 3.35. The molecule has 2 aromatic carbocycles. The SMILES string of the molecule is C=C(/C=C\C=C/C)N=C1CC(c2ccc(OC)cc2)N1c1ccc(OC)cc1. The van der Waals surface area contributed by atoms with E-state index in [9.17, 15) is 0 Å². The van der Waals surface area contributed by atoms with Gasteiger partial charge in [-0.25, -0.2) is 4.99 Å². The molecule has 4 nitrogen and oxygen atoms in total. The number of methoxy groups -OCH3 is 2. The lowest BCUT2D eigenvalue weighted by Crippen LogP contribution is -2.46. The van der Waals surface area contributed by atoms with Gasteiger partial charge in [-0.3, -0.25) is 0 Å². The van der Waals surface area contributed by atoms with E-state index in [1.807, 2.05) is 55.5 Å². The second-order valence-corrected chi connectivity index (χ2v) is 6.47. The first kappa shape index (κ1) is 19.5. The number of ether oxygens (including phenoxy) is 2. The van der Waals surface area contributed by atoms with Gasteiger partial charge < -0.3 is 14.4 Å². The van der Waals surface area contributed by atoms with Crippen molar-refractivity contribution in [2.24, 2.45) is 4.99 Å². The van der Waals surface area contributed by atoms with Crippen LogP contribution >= 0.6 is 0 Å². The molecule has 2 aromatic rings. The highest BCUT2D eigenvalue weighted by molar-refractivity contribution is 6.05. The van der Waals surface area contributed by atoms with Crippen LogP contribution in [0.3, 0.4) is 0 Å². The predicted octanol–water partition coefficient (Wildman–Crippen LogP) is 5.70. The molecule has 1 aliphatic rings. The molecule has 0 aromatic heterocycles. The van der Waals surface area contributed by atoms with Crippen molar-refractivity contribution in [2.75, 3.05) is 19.1 Å². The monoisotopic (exact) mass is 374 g/mol. The fourth-order valence-electron chi connectivity index (χ4n) is 3.18. The van der Waals surface area contributed by atoms with E-state index in [1.165, 1.54) is 5.56 Å². The van der Waals surface area contributed by atoms with Crippen LogP contribution in [-0.2, 0) is 0 Å². The van der Waals surface area contributed by atoms with Crippen LogP contribution in [0.25, 0.3) is 0 Å². The van der Waals surface area contributed by atoms with Gasteiger partial charge in [-0.1, -0.05) is 36.9 Å². The Morgan fingerprint density at radius 2 is 1.61 bits per heavy atom. The first-order valence-electron chi connectivity index (χ1n) is 9.29. The molecule has 1 heterocycles. The maximum absolute atomic E-state index is 5.29. The Balaban J connectivity index is 1.89. The topological polar surface area (TPSA) is 34.1 Å². The zero-order valence-corrected chi connectivity index (χ0v) is 16.6. The molecule has 0 N–H and O–H groups in total. The number of allylic oxidation sites excluding steroid dienone is 4. The first-order chi connectivity index (χ1) is 13.7. The van der Waals surface area contributed by atoms with Gasteiger partial charge in [-0.2, -0.15) is 0 Å². The number of aliphatic imine (C=N–C) groups is 1. The van der Waals surface area contributed by atoms with Crippen molar-refractivity contribution in [1.29, 1.82) is 0 Å². The van der Waals surface area contributed by atoms with E-state index in [-0.39, 0.29) is 6.04 Å². The summed E-state index contributed by atoms with van der Waals surface area (Å²) in [6.45, 7) is 6.03. The van der Waals surface area contributed by atoms with Crippen LogP contribution in [0.5, 0.6) is 11.5 Å². The highest BCUT2D eigenvalue weighted by atomic mass is 16.5. The first-order valence-corrected chi connectivity index (χ1v) is 9.29. The normalized spacial score (nSPS) is 17.9. The van der Waals surface area contributed by atoms with Gasteiger partial charge >= 0.3 is 0 Å². The summed E-state index contributed by atoms with van der Waals surface area (Å²) in [5.74, 6) is 2.69. The van der Waals surface area contributed by atoms with E-state index in [1.54, 1.807) is 14.2 Å². The lowest BCUT2D eigenvalue weighted by atomic mass is 9.92. The number of anilines is 1. The van der Waals surface area contributed by atoms with E-state index >= 15 is 0 Å². The van der Waals surface area contributed by atoms with Gasteiger partial charge in [0.15, 0.2) is 0 Å². The van der Waals surface area contributed by atoms with E-state index in [0.29, 0.717) is 0 Å². The molecule has 0 amide bonds. The van der Waals surface area contributed by atoms with Crippen molar-refractivity contribution in [3.05, 3.63) is 90.7 Å². The van der Waals surface area contributed by atoms with Crippen molar-refractivity contribution < 1.29 is 9.47 Å². The van der Waals surface area contributed by atoms with Gasteiger partial charge in [0.2, 0.25) is 0 Å². The van der Waals surface area contributed by atoms with Crippen molar-refractivity contribution >= 4 is 11.5 Å². The van der Waals surface area contributed by atoms with Crippen LogP contribution in [0, 0.1) is 0 Å².